The number of ketones is 1. The summed E-state index contributed by atoms with van der Waals surface area (Å²) in [5, 5.41) is 0. The predicted octanol–water partition coefficient (Wildman–Crippen LogP) is 2.47. The van der Waals surface area contributed by atoms with Crippen molar-refractivity contribution in [2.75, 3.05) is 6.61 Å². The Kier molecular flexibility index (Phi) is 2.87. The molecular weight excluding hydrogens is 188 g/mol. The van der Waals surface area contributed by atoms with Gasteiger partial charge in [0, 0.05) is 5.56 Å². The Morgan fingerprint density at radius 2 is 2.00 bits per heavy atom. The molecule has 1 saturated heterocycles. The van der Waals surface area contributed by atoms with E-state index in [1.165, 1.54) is 5.56 Å². The van der Waals surface area contributed by atoms with E-state index in [1.807, 2.05) is 24.3 Å². The molecule has 1 fully saturated rings. The molecule has 1 unspecified atom stereocenters. The molecule has 0 saturated carbocycles. The first-order valence-electron chi connectivity index (χ1n) is 5.41. The van der Waals surface area contributed by atoms with Crippen LogP contribution in [-0.4, -0.2) is 18.5 Å². The van der Waals surface area contributed by atoms with Gasteiger partial charge >= 0.3 is 0 Å². The van der Waals surface area contributed by atoms with Crippen molar-refractivity contribution in [1.82, 2.24) is 0 Å². The van der Waals surface area contributed by atoms with Gasteiger partial charge in [0.05, 0.1) is 6.61 Å². The lowest BCUT2D eigenvalue weighted by Gasteiger charge is -2.05. The van der Waals surface area contributed by atoms with E-state index in [4.69, 9.17) is 4.74 Å². The summed E-state index contributed by atoms with van der Waals surface area (Å²) in [5.41, 5.74) is 2.06. The summed E-state index contributed by atoms with van der Waals surface area (Å²) in [4.78, 5) is 11.6. The van der Waals surface area contributed by atoms with Crippen molar-refractivity contribution >= 4 is 5.78 Å². The summed E-state index contributed by atoms with van der Waals surface area (Å²) in [6.45, 7) is 4.97. The van der Waals surface area contributed by atoms with Gasteiger partial charge in [-0.15, -0.1) is 0 Å². The zero-order valence-corrected chi connectivity index (χ0v) is 9.19. The lowest BCUT2D eigenvalue weighted by Crippen LogP contribution is -2.07. The number of Topliss-reactive ketones (excluding diaryl/α,β-unsaturated/α-hetero) is 1. The fraction of sp³-hybridized carbons (Fsp3) is 0.462. The second-order valence-corrected chi connectivity index (χ2v) is 4.48. The molecule has 15 heavy (non-hydrogen) atoms. The van der Waals surface area contributed by atoms with Crippen LogP contribution in [0.15, 0.2) is 24.3 Å². The number of carbonyl (C=O) groups is 1. The van der Waals surface area contributed by atoms with Crippen molar-refractivity contribution in [2.24, 2.45) is 5.92 Å². The van der Waals surface area contributed by atoms with Crippen LogP contribution < -0.4 is 0 Å². The molecule has 0 bridgehead atoms. The van der Waals surface area contributed by atoms with E-state index >= 15 is 0 Å². The summed E-state index contributed by atoms with van der Waals surface area (Å²) in [6.07, 6.45) is 0.898. The summed E-state index contributed by atoms with van der Waals surface area (Å²) in [7, 11) is 0. The first-order chi connectivity index (χ1) is 7.16. The Morgan fingerprint density at radius 1 is 1.40 bits per heavy atom. The predicted molar refractivity (Wildman–Crippen MR) is 59.1 cm³/mol. The van der Waals surface area contributed by atoms with Gasteiger partial charge in [0.2, 0.25) is 0 Å². The maximum absolute atomic E-state index is 11.6. The van der Waals surface area contributed by atoms with Crippen LogP contribution in [0.4, 0.5) is 0 Å². The molecule has 0 aliphatic carbocycles. The third kappa shape index (κ3) is 2.66. The first-order valence-corrected chi connectivity index (χ1v) is 5.41. The Hall–Kier alpha value is -1.15. The maximum atomic E-state index is 11.6. The highest BCUT2D eigenvalue weighted by Gasteiger charge is 2.31. The van der Waals surface area contributed by atoms with Crippen molar-refractivity contribution in [3.63, 3.8) is 0 Å². The van der Waals surface area contributed by atoms with Gasteiger partial charge in [0.1, 0.15) is 6.10 Å². The number of benzene rings is 1. The number of carbonyl (C=O) groups excluding carboxylic acids is 1. The number of rotatable bonds is 4. The fourth-order valence-corrected chi connectivity index (χ4v) is 1.66. The van der Waals surface area contributed by atoms with Gasteiger partial charge in [0.25, 0.3) is 0 Å². The summed E-state index contributed by atoms with van der Waals surface area (Å²) >= 11 is 0. The Bertz CT molecular complexity index is 347. The number of hydrogen-bond donors (Lipinski definition) is 0. The van der Waals surface area contributed by atoms with E-state index in [1.54, 1.807) is 0 Å². The molecule has 1 aliphatic rings. The fourth-order valence-electron chi connectivity index (χ4n) is 1.66. The average Bonchev–Trinajstić information content (AvgIpc) is 3.00. The van der Waals surface area contributed by atoms with Gasteiger partial charge in [-0.25, -0.2) is 0 Å². The minimum atomic E-state index is -0.166. The third-order valence-electron chi connectivity index (χ3n) is 2.51. The summed E-state index contributed by atoms with van der Waals surface area (Å²) < 4.78 is 4.97. The van der Waals surface area contributed by atoms with Crippen LogP contribution in [0.3, 0.4) is 0 Å². The van der Waals surface area contributed by atoms with E-state index in [-0.39, 0.29) is 11.9 Å². The van der Waals surface area contributed by atoms with Gasteiger partial charge in [-0.2, -0.15) is 0 Å². The lowest BCUT2D eigenvalue weighted by molar-refractivity contribution is 0.0953. The summed E-state index contributed by atoms with van der Waals surface area (Å²) in [6, 6.07) is 7.88. The molecule has 1 aromatic carbocycles. The molecule has 1 atom stereocenters. The number of hydrogen-bond acceptors (Lipinski definition) is 2. The molecule has 80 valence electrons. The Balaban J connectivity index is 2.06. The highest BCUT2D eigenvalue weighted by molar-refractivity contribution is 6.00. The van der Waals surface area contributed by atoms with Crippen LogP contribution in [0, 0.1) is 5.92 Å². The molecule has 0 spiro atoms. The normalized spacial score (nSPS) is 19.3. The van der Waals surface area contributed by atoms with Crippen LogP contribution in [0.1, 0.15) is 29.8 Å². The van der Waals surface area contributed by atoms with Crippen LogP contribution >= 0.6 is 0 Å². The molecule has 1 heterocycles. The van der Waals surface area contributed by atoms with Gasteiger partial charge < -0.3 is 4.74 Å². The molecule has 2 nitrogen and oxygen atoms in total. The van der Waals surface area contributed by atoms with Crippen LogP contribution in [-0.2, 0) is 11.2 Å². The second kappa shape index (κ2) is 4.15. The van der Waals surface area contributed by atoms with E-state index < -0.39 is 0 Å². The second-order valence-electron chi connectivity index (χ2n) is 4.48. The van der Waals surface area contributed by atoms with Crippen molar-refractivity contribution in [2.45, 2.75) is 26.4 Å². The average molecular weight is 204 g/mol. The van der Waals surface area contributed by atoms with Crippen LogP contribution in [0.25, 0.3) is 0 Å². The quantitative estimate of drug-likeness (QED) is 0.557. The highest BCUT2D eigenvalue weighted by Crippen LogP contribution is 2.17. The monoisotopic (exact) mass is 204 g/mol. The van der Waals surface area contributed by atoms with E-state index in [0.29, 0.717) is 12.5 Å². The topological polar surface area (TPSA) is 29.6 Å². The number of epoxide rings is 1. The Morgan fingerprint density at radius 3 is 2.47 bits per heavy atom. The molecule has 1 aromatic rings. The largest absolute Gasteiger partial charge is 0.364 e. The van der Waals surface area contributed by atoms with E-state index in [0.717, 1.165) is 12.0 Å². The molecule has 0 N–H and O–H groups in total. The molecule has 0 aromatic heterocycles. The van der Waals surface area contributed by atoms with E-state index in [9.17, 15) is 4.79 Å². The minimum absolute atomic E-state index is 0.117. The zero-order valence-electron chi connectivity index (χ0n) is 9.19. The van der Waals surface area contributed by atoms with Crippen LogP contribution in [0.5, 0.6) is 0 Å². The molecular formula is C13H16O2. The Labute approximate surface area is 90.3 Å². The highest BCUT2D eigenvalue weighted by atomic mass is 16.6. The zero-order chi connectivity index (χ0) is 10.8. The third-order valence-corrected chi connectivity index (χ3v) is 2.51. The molecule has 2 rings (SSSR count). The molecule has 0 amide bonds. The minimum Gasteiger partial charge on any atom is -0.364 e. The SMILES string of the molecule is CC(C)Cc1ccc(C(=O)C2CO2)cc1. The summed E-state index contributed by atoms with van der Waals surface area (Å²) in [5.74, 6) is 0.768. The molecule has 2 heteroatoms. The molecule has 0 radical (unpaired) electrons. The van der Waals surface area contributed by atoms with E-state index in [2.05, 4.69) is 13.8 Å². The van der Waals surface area contributed by atoms with Crippen molar-refractivity contribution in [1.29, 1.82) is 0 Å². The first kappa shape index (κ1) is 10.4. The van der Waals surface area contributed by atoms with Gasteiger partial charge in [-0.05, 0) is 17.9 Å². The number of ether oxygens (including phenoxy) is 1. The van der Waals surface area contributed by atoms with Crippen molar-refractivity contribution < 1.29 is 9.53 Å². The van der Waals surface area contributed by atoms with Gasteiger partial charge in [-0.3, -0.25) is 4.79 Å². The van der Waals surface area contributed by atoms with Crippen LogP contribution in [0.2, 0.25) is 0 Å². The smallest absolute Gasteiger partial charge is 0.193 e. The molecule has 1 aliphatic heterocycles. The van der Waals surface area contributed by atoms with Crippen molar-refractivity contribution in [3.05, 3.63) is 35.4 Å². The maximum Gasteiger partial charge on any atom is 0.193 e. The van der Waals surface area contributed by atoms with Crippen molar-refractivity contribution in [3.8, 4) is 0 Å². The van der Waals surface area contributed by atoms with Gasteiger partial charge in [-0.1, -0.05) is 38.1 Å². The standard InChI is InChI=1S/C13H16O2/c1-9(2)7-10-3-5-11(6-4-10)13(14)12-8-15-12/h3-6,9,12H,7-8H2,1-2H3. The van der Waals surface area contributed by atoms with Gasteiger partial charge in [0.15, 0.2) is 5.78 Å². The lowest BCUT2D eigenvalue weighted by atomic mass is 10.0.